The topological polar surface area (TPSA) is 29.0 Å². The van der Waals surface area contributed by atoms with Crippen LogP contribution in [0.2, 0.25) is 0 Å². The summed E-state index contributed by atoms with van der Waals surface area (Å²) in [6.07, 6.45) is 0. The van der Waals surface area contributed by atoms with Crippen LogP contribution in [-0.4, -0.2) is 9.97 Å². The molecule has 4 heteroatoms. The van der Waals surface area contributed by atoms with Gasteiger partial charge in [-0.25, -0.2) is 9.97 Å². The molecule has 2 heterocycles. The first-order valence-corrected chi connectivity index (χ1v) is 17.0. The Labute approximate surface area is 282 Å². The van der Waals surface area contributed by atoms with Gasteiger partial charge >= 0.3 is 0 Å². The Morgan fingerprint density at radius 1 is 0.396 bits per heavy atom. The minimum atomic E-state index is 0.723. The summed E-state index contributed by atoms with van der Waals surface area (Å²) in [5.74, 6) is 0.723. The van der Waals surface area contributed by atoms with E-state index < -0.39 is 0 Å². The first-order chi connectivity index (χ1) is 23.8. The molecular formula is C44H27N3S. The molecule has 0 radical (unpaired) electrons. The summed E-state index contributed by atoms with van der Waals surface area (Å²) >= 11 is 1.80. The van der Waals surface area contributed by atoms with Crippen molar-refractivity contribution in [3.63, 3.8) is 0 Å². The number of benzene rings is 8. The molecular weight excluding hydrogens is 603 g/mol. The molecule has 0 saturated carbocycles. The van der Waals surface area contributed by atoms with Gasteiger partial charge in [0, 0.05) is 32.0 Å². The highest BCUT2D eigenvalue weighted by molar-refractivity contribution is 7.99. The standard InChI is InChI=1S/C44H27N3S/c1-2-12-30(13-3-1)47-39-20-10-11-21-41(39)48-42-27-29(23-25-40(42)47)44-45-38-19-9-8-18-36(38)43(46-44)28-22-24-35-33-16-5-4-14-31(33)32-15-6-7-17-34(32)37(35)26-28/h1-27H. The summed E-state index contributed by atoms with van der Waals surface area (Å²) in [5, 5.41) is 8.59. The molecule has 0 saturated heterocycles. The quantitative estimate of drug-likeness (QED) is 0.182. The third-order valence-corrected chi connectivity index (χ3v) is 10.5. The van der Waals surface area contributed by atoms with Gasteiger partial charge in [-0.05, 0) is 86.9 Å². The molecule has 0 bridgehead atoms. The lowest BCUT2D eigenvalue weighted by Crippen LogP contribution is -2.14. The van der Waals surface area contributed by atoms with E-state index in [1.165, 1.54) is 47.8 Å². The van der Waals surface area contributed by atoms with Crippen LogP contribution < -0.4 is 4.90 Å². The van der Waals surface area contributed by atoms with Gasteiger partial charge in [0.1, 0.15) is 0 Å². The Bertz CT molecular complexity index is 2680. The van der Waals surface area contributed by atoms with E-state index >= 15 is 0 Å². The maximum absolute atomic E-state index is 5.33. The Hall–Kier alpha value is -5.97. The SMILES string of the molecule is c1ccc(N2c3ccccc3Sc3cc(-c4nc(-c5ccc6c7ccccc7c7ccccc7c6c5)c5ccccc5n4)ccc32)cc1. The number of fused-ring (bicyclic) bond motifs is 9. The Balaban J connectivity index is 1.16. The number of hydrogen-bond acceptors (Lipinski definition) is 4. The monoisotopic (exact) mass is 629 g/mol. The number of rotatable bonds is 3. The maximum atomic E-state index is 5.33. The van der Waals surface area contributed by atoms with E-state index in [0.29, 0.717) is 0 Å². The highest BCUT2D eigenvalue weighted by Gasteiger charge is 2.25. The van der Waals surface area contributed by atoms with E-state index in [2.05, 4.69) is 169 Å². The zero-order chi connectivity index (χ0) is 31.6. The Morgan fingerprint density at radius 3 is 1.75 bits per heavy atom. The molecule has 1 aliphatic heterocycles. The van der Waals surface area contributed by atoms with E-state index in [9.17, 15) is 0 Å². The van der Waals surface area contributed by atoms with Crippen LogP contribution in [0.15, 0.2) is 174 Å². The second-order valence-electron chi connectivity index (χ2n) is 12.2. The van der Waals surface area contributed by atoms with E-state index in [-0.39, 0.29) is 0 Å². The molecule has 9 aromatic rings. The van der Waals surface area contributed by atoms with Gasteiger partial charge in [0.2, 0.25) is 0 Å². The number of hydrogen-bond donors (Lipinski definition) is 0. The lowest BCUT2D eigenvalue weighted by atomic mass is 9.92. The van der Waals surface area contributed by atoms with Crippen LogP contribution in [-0.2, 0) is 0 Å². The number of anilines is 3. The molecule has 0 atom stereocenters. The lowest BCUT2D eigenvalue weighted by molar-refractivity contribution is 1.16. The first-order valence-electron chi connectivity index (χ1n) is 16.2. The number of para-hydroxylation sites is 3. The zero-order valence-corrected chi connectivity index (χ0v) is 26.7. The predicted molar refractivity (Wildman–Crippen MR) is 202 cm³/mol. The molecule has 8 aromatic carbocycles. The maximum Gasteiger partial charge on any atom is 0.160 e. The van der Waals surface area contributed by atoms with Crippen molar-refractivity contribution in [3.05, 3.63) is 164 Å². The largest absolute Gasteiger partial charge is 0.308 e. The summed E-state index contributed by atoms with van der Waals surface area (Å²) in [6.45, 7) is 0. The Morgan fingerprint density at radius 2 is 0.979 bits per heavy atom. The number of aromatic nitrogens is 2. The van der Waals surface area contributed by atoms with Crippen molar-refractivity contribution < 1.29 is 0 Å². The van der Waals surface area contributed by atoms with E-state index in [1.54, 1.807) is 11.8 Å². The minimum absolute atomic E-state index is 0.723. The molecule has 0 N–H and O–H groups in total. The van der Waals surface area contributed by atoms with Crippen molar-refractivity contribution in [2.24, 2.45) is 0 Å². The van der Waals surface area contributed by atoms with Crippen LogP contribution in [0.4, 0.5) is 17.1 Å². The summed E-state index contributed by atoms with van der Waals surface area (Å²) in [7, 11) is 0. The Kier molecular flexibility index (Phi) is 6.11. The predicted octanol–water partition coefficient (Wildman–Crippen LogP) is 12.4. The molecule has 10 rings (SSSR count). The van der Waals surface area contributed by atoms with Gasteiger partial charge in [-0.3, -0.25) is 0 Å². The average Bonchev–Trinajstić information content (AvgIpc) is 3.16. The molecule has 48 heavy (non-hydrogen) atoms. The van der Waals surface area contributed by atoms with Gasteiger partial charge in [0.05, 0.1) is 22.6 Å². The fourth-order valence-corrected chi connectivity index (χ4v) is 8.33. The van der Waals surface area contributed by atoms with Crippen molar-refractivity contribution in [2.75, 3.05) is 4.90 Å². The summed E-state index contributed by atoms with van der Waals surface area (Å²) in [6, 6.07) is 58.4. The highest BCUT2D eigenvalue weighted by Crippen LogP contribution is 2.52. The fourth-order valence-electron chi connectivity index (χ4n) is 7.23. The number of nitrogens with zero attached hydrogens (tertiary/aromatic N) is 3. The molecule has 1 aromatic heterocycles. The van der Waals surface area contributed by atoms with Crippen molar-refractivity contribution in [2.45, 2.75) is 9.79 Å². The van der Waals surface area contributed by atoms with Crippen LogP contribution in [0.3, 0.4) is 0 Å². The van der Waals surface area contributed by atoms with E-state index in [4.69, 9.17) is 9.97 Å². The fraction of sp³-hybridized carbons (Fsp3) is 0. The van der Waals surface area contributed by atoms with Gasteiger partial charge in [-0.1, -0.05) is 121 Å². The molecule has 0 aliphatic carbocycles. The molecule has 224 valence electrons. The first kappa shape index (κ1) is 27.2. The molecule has 0 unspecified atom stereocenters. The van der Waals surface area contributed by atoms with Crippen LogP contribution in [0, 0.1) is 0 Å². The zero-order valence-electron chi connectivity index (χ0n) is 25.8. The van der Waals surface area contributed by atoms with Crippen molar-refractivity contribution in [1.82, 2.24) is 9.97 Å². The molecule has 3 nitrogen and oxygen atoms in total. The van der Waals surface area contributed by atoms with Crippen molar-refractivity contribution in [1.29, 1.82) is 0 Å². The molecule has 0 amide bonds. The smallest absolute Gasteiger partial charge is 0.160 e. The van der Waals surface area contributed by atoms with Crippen LogP contribution >= 0.6 is 11.8 Å². The van der Waals surface area contributed by atoms with Crippen LogP contribution in [0.1, 0.15) is 0 Å². The van der Waals surface area contributed by atoms with Crippen molar-refractivity contribution >= 4 is 72.0 Å². The normalized spacial score (nSPS) is 12.5. The average molecular weight is 630 g/mol. The van der Waals surface area contributed by atoms with E-state index in [0.717, 1.165) is 44.9 Å². The molecule has 0 spiro atoms. The summed E-state index contributed by atoms with van der Waals surface area (Å²) < 4.78 is 0. The second kappa shape index (κ2) is 10.8. The molecule has 0 fully saturated rings. The van der Waals surface area contributed by atoms with Crippen molar-refractivity contribution in [3.8, 4) is 22.6 Å². The van der Waals surface area contributed by atoms with Crippen LogP contribution in [0.25, 0.3) is 65.9 Å². The van der Waals surface area contributed by atoms with Crippen LogP contribution in [0.5, 0.6) is 0 Å². The van der Waals surface area contributed by atoms with Gasteiger partial charge in [-0.15, -0.1) is 0 Å². The van der Waals surface area contributed by atoms with Gasteiger partial charge in [0.25, 0.3) is 0 Å². The van der Waals surface area contributed by atoms with E-state index in [1.807, 2.05) is 0 Å². The second-order valence-corrected chi connectivity index (χ2v) is 13.3. The van der Waals surface area contributed by atoms with Gasteiger partial charge in [-0.2, -0.15) is 0 Å². The summed E-state index contributed by atoms with van der Waals surface area (Å²) in [4.78, 5) is 15.2. The van der Waals surface area contributed by atoms with Gasteiger partial charge in [0.15, 0.2) is 5.82 Å². The third-order valence-electron chi connectivity index (χ3n) is 9.42. The van der Waals surface area contributed by atoms with Gasteiger partial charge < -0.3 is 4.90 Å². The minimum Gasteiger partial charge on any atom is -0.308 e. The highest BCUT2D eigenvalue weighted by atomic mass is 32.2. The molecule has 1 aliphatic rings. The third kappa shape index (κ3) is 4.23. The lowest BCUT2D eigenvalue weighted by Gasteiger charge is -2.33. The summed E-state index contributed by atoms with van der Waals surface area (Å²) in [5.41, 5.74) is 7.44.